The van der Waals surface area contributed by atoms with E-state index in [9.17, 15) is 5.11 Å². The van der Waals surface area contributed by atoms with Gasteiger partial charge in [-0.1, -0.05) is 18.2 Å². The van der Waals surface area contributed by atoms with Gasteiger partial charge in [0.25, 0.3) is 0 Å². The number of aliphatic hydroxyl groups excluding tert-OH is 1. The third kappa shape index (κ3) is 3.90. The van der Waals surface area contributed by atoms with E-state index in [1.54, 1.807) is 0 Å². The molecule has 5 rings (SSSR count). The molecule has 7 heteroatoms. The molecule has 2 atom stereocenters. The number of hydrogen-bond acceptors (Lipinski definition) is 7. The predicted octanol–water partition coefficient (Wildman–Crippen LogP) is 1.57. The fraction of sp³-hybridized carbons (Fsp3) is 0.500. The van der Waals surface area contributed by atoms with Gasteiger partial charge in [0.05, 0.1) is 6.10 Å². The van der Waals surface area contributed by atoms with Crippen molar-refractivity contribution in [1.82, 2.24) is 14.8 Å². The number of β-amino-alcohol motifs (C(OH)–C–C–N with tert-alkyl or cyclic N) is 1. The highest BCUT2D eigenvalue weighted by Crippen LogP contribution is 2.36. The molecule has 0 bridgehead atoms. The van der Waals surface area contributed by atoms with Crippen molar-refractivity contribution < 1.29 is 14.6 Å². The average Bonchev–Trinajstić information content (AvgIpc) is 3.25. The number of benzene rings is 1. The monoisotopic (exact) mass is 396 g/mol. The summed E-state index contributed by atoms with van der Waals surface area (Å²) in [6, 6.07) is 12.3. The summed E-state index contributed by atoms with van der Waals surface area (Å²) in [5.41, 5.74) is 1.13. The Bertz CT molecular complexity index is 826. The van der Waals surface area contributed by atoms with Crippen molar-refractivity contribution in [3.8, 4) is 11.5 Å². The molecular formula is C22H28N4O3. The largest absolute Gasteiger partial charge is 0.454 e. The molecule has 7 nitrogen and oxygen atoms in total. The Kier molecular flexibility index (Phi) is 5.26. The molecule has 3 aliphatic rings. The summed E-state index contributed by atoms with van der Waals surface area (Å²) in [6.45, 7) is 6.59. The van der Waals surface area contributed by atoms with E-state index in [0.717, 1.165) is 68.6 Å². The highest BCUT2D eigenvalue weighted by atomic mass is 16.7. The number of ether oxygens (including phenoxy) is 2. The first kappa shape index (κ1) is 18.7. The molecule has 1 aromatic heterocycles. The van der Waals surface area contributed by atoms with Gasteiger partial charge in [-0.05, 0) is 24.6 Å². The molecule has 3 aliphatic heterocycles. The van der Waals surface area contributed by atoms with E-state index in [4.69, 9.17) is 9.47 Å². The fourth-order valence-electron chi connectivity index (χ4n) is 4.73. The number of aliphatic hydroxyl groups is 1. The van der Waals surface area contributed by atoms with Crippen molar-refractivity contribution in [3.05, 3.63) is 48.2 Å². The fourth-order valence-corrected chi connectivity index (χ4v) is 4.73. The molecule has 1 aromatic carbocycles. The topological polar surface area (TPSA) is 61.3 Å². The summed E-state index contributed by atoms with van der Waals surface area (Å²) in [5, 5.41) is 10.9. The molecule has 0 unspecified atom stereocenters. The second-order valence-electron chi connectivity index (χ2n) is 8.02. The first-order valence-corrected chi connectivity index (χ1v) is 10.5. The first-order valence-electron chi connectivity index (χ1n) is 10.5. The van der Waals surface area contributed by atoms with Crippen LogP contribution in [-0.4, -0.2) is 78.1 Å². The molecule has 2 saturated heterocycles. The standard InChI is InChI=1S/C22H28N4O3/c27-19-15-24(14-17-4-3-5-20-22(17)29-16-28-20)9-7-18(19)25-10-12-26(13-11-25)21-6-1-2-8-23-21/h1-6,8,18-19,27H,7,9-16H2/t18-,19-/m1/s1. The van der Waals surface area contributed by atoms with Crippen molar-refractivity contribution in [2.75, 3.05) is 51.0 Å². The number of anilines is 1. The summed E-state index contributed by atoms with van der Waals surface area (Å²) < 4.78 is 11.1. The van der Waals surface area contributed by atoms with Crippen molar-refractivity contribution in [1.29, 1.82) is 0 Å². The van der Waals surface area contributed by atoms with Gasteiger partial charge in [0.1, 0.15) is 5.82 Å². The number of rotatable bonds is 4. The van der Waals surface area contributed by atoms with E-state index in [2.05, 4.69) is 31.8 Å². The van der Waals surface area contributed by atoms with Gasteiger partial charge >= 0.3 is 0 Å². The van der Waals surface area contributed by atoms with Crippen LogP contribution in [0.2, 0.25) is 0 Å². The number of pyridine rings is 1. The molecular weight excluding hydrogens is 368 g/mol. The lowest BCUT2D eigenvalue weighted by molar-refractivity contribution is -0.0173. The summed E-state index contributed by atoms with van der Waals surface area (Å²) in [4.78, 5) is 11.6. The zero-order valence-corrected chi connectivity index (χ0v) is 16.6. The van der Waals surface area contributed by atoms with Gasteiger partial charge in [0.15, 0.2) is 11.5 Å². The van der Waals surface area contributed by atoms with E-state index in [1.807, 2.05) is 30.5 Å². The number of fused-ring (bicyclic) bond motifs is 1. The Labute approximate surface area is 171 Å². The van der Waals surface area contributed by atoms with Crippen LogP contribution in [0.4, 0.5) is 5.82 Å². The number of piperidine rings is 1. The maximum Gasteiger partial charge on any atom is 0.231 e. The van der Waals surface area contributed by atoms with E-state index < -0.39 is 0 Å². The molecule has 1 N–H and O–H groups in total. The Morgan fingerprint density at radius 1 is 1.00 bits per heavy atom. The van der Waals surface area contributed by atoms with Crippen LogP contribution in [0, 0.1) is 0 Å². The van der Waals surface area contributed by atoms with Crippen LogP contribution in [0.5, 0.6) is 11.5 Å². The minimum Gasteiger partial charge on any atom is -0.454 e. The minimum absolute atomic E-state index is 0.234. The second kappa shape index (κ2) is 8.18. The molecule has 29 heavy (non-hydrogen) atoms. The van der Waals surface area contributed by atoms with Gasteiger partial charge in [0, 0.05) is 63.6 Å². The van der Waals surface area contributed by atoms with Crippen LogP contribution in [-0.2, 0) is 6.54 Å². The van der Waals surface area contributed by atoms with Gasteiger partial charge in [-0.15, -0.1) is 0 Å². The zero-order chi connectivity index (χ0) is 19.6. The van der Waals surface area contributed by atoms with Crippen molar-refractivity contribution in [3.63, 3.8) is 0 Å². The molecule has 0 aliphatic carbocycles. The quantitative estimate of drug-likeness (QED) is 0.842. The van der Waals surface area contributed by atoms with Gasteiger partial charge in [-0.3, -0.25) is 9.80 Å². The molecule has 0 saturated carbocycles. The van der Waals surface area contributed by atoms with E-state index in [0.29, 0.717) is 13.3 Å². The smallest absolute Gasteiger partial charge is 0.231 e. The Morgan fingerprint density at radius 2 is 1.90 bits per heavy atom. The lowest BCUT2D eigenvalue weighted by atomic mass is 9.98. The third-order valence-electron chi connectivity index (χ3n) is 6.26. The summed E-state index contributed by atoms with van der Waals surface area (Å²) in [7, 11) is 0. The predicted molar refractivity (Wildman–Crippen MR) is 110 cm³/mol. The third-order valence-corrected chi connectivity index (χ3v) is 6.26. The number of piperazine rings is 1. The Morgan fingerprint density at radius 3 is 2.69 bits per heavy atom. The lowest BCUT2D eigenvalue weighted by Crippen LogP contribution is -2.58. The number of hydrogen-bond donors (Lipinski definition) is 1. The van der Waals surface area contributed by atoms with Gasteiger partial charge < -0.3 is 19.5 Å². The highest BCUT2D eigenvalue weighted by molar-refractivity contribution is 5.48. The molecule has 4 heterocycles. The first-order chi connectivity index (χ1) is 14.3. The molecule has 0 radical (unpaired) electrons. The van der Waals surface area contributed by atoms with E-state index in [1.165, 1.54) is 0 Å². The zero-order valence-electron chi connectivity index (χ0n) is 16.6. The van der Waals surface area contributed by atoms with Crippen LogP contribution in [0.3, 0.4) is 0 Å². The van der Waals surface area contributed by atoms with Crippen molar-refractivity contribution in [2.45, 2.75) is 25.1 Å². The van der Waals surface area contributed by atoms with Crippen LogP contribution in [0.25, 0.3) is 0 Å². The van der Waals surface area contributed by atoms with Crippen LogP contribution >= 0.6 is 0 Å². The van der Waals surface area contributed by atoms with Gasteiger partial charge in [-0.2, -0.15) is 0 Å². The molecule has 154 valence electrons. The normalized spacial score (nSPS) is 25.3. The Hall–Kier alpha value is -2.35. The maximum absolute atomic E-state index is 10.9. The maximum atomic E-state index is 10.9. The SMILES string of the molecule is O[C@@H]1CN(Cc2cccc3c2OCO3)CC[C@H]1N1CCN(c2ccccn2)CC1. The van der Waals surface area contributed by atoms with Crippen LogP contribution < -0.4 is 14.4 Å². The van der Waals surface area contributed by atoms with Crippen LogP contribution in [0.15, 0.2) is 42.6 Å². The van der Waals surface area contributed by atoms with E-state index in [-0.39, 0.29) is 12.1 Å². The van der Waals surface area contributed by atoms with Crippen LogP contribution in [0.1, 0.15) is 12.0 Å². The number of aromatic nitrogens is 1. The molecule has 2 aromatic rings. The minimum atomic E-state index is -0.334. The molecule has 0 amide bonds. The summed E-state index contributed by atoms with van der Waals surface area (Å²) in [6.07, 6.45) is 2.50. The number of nitrogens with zero attached hydrogens (tertiary/aromatic N) is 4. The van der Waals surface area contributed by atoms with Gasteiger partial charge in [-0.25, -0.2) is 4.98 Å². The van der Waals surface area contributed by atoms with Crippen molar-refractivity contribution in [2.24, 2.45) is 0 Å². The molecule has 0 spiro atoms. The van der Waals surface area contributed by atoms with Crippen molar-refractivity contribution >= 4 is 5.82 Å². The summed E-state index contributed by atoms with van der Waals surface area (Å²) >= 11 is 0. The summed E-state index contributed by atoms with van der Waals surface area (Å²) in [5.74, 6) is 2.72. The number of likely N-dealkylation sites (tertiary alicyclic amines) is 1. The Balaban J connectivity index is 1.16. The second-order valence-corrected chi connectivity index (χ2v) is 8.02. The molecule has 2 fully saturated rings. The van der Waals surface area contributed by atoms with E-state index >= 15 is 0 Å². The average molecular weight is 396 g/mol. The number of para-hydroxylation sites is 1. The lowest BCUT2D eigenvalue weighted by Gasteiger charge is -2.45. The highest BCUT2D eigenvalue weighted by Gasteiger charge is 2.34. The van der Waals surface area contributed by atoms with Gasteiger partial charge in [0.2, 0.25) is 6.79 Å².